The molecule has 0 aromatic heterocycles. The van der Waals surface area contributed by atoms with Crippen LogP contribution in [0, 0.1) is 28.6 Å². The van der Waals surface area contributed by atoms with E-state index < -0.39 is 11.6 Å². The van der Waals surface area contributed by atoms with Gasteiger partial charge in [0, 0.05) is 11.8 Å². The van der Waals surface area contributed by atoms with E-state index in [0.29, 0.717) is 17.8 Å². The molecule has 0 aliphatic heterocycles. The second kappa shape index (κ2) is 6.60. The Balaban J connectivity index is 1.52. The number of allylic oxidation sites excluding steroid dienone is 3. The summed E-state index contributed by atoms with van der Waals surface area (Å²) in [4.78, 5) is 12.0. The normalized spacial score (nSPS) is 42.5. The third-order valence-electron chi connectivity index (χ3n) is 8.55. The van der Waals surface area contributed by atoms with Crippen molar-refractivity contribution >= 4 is 5.97 Å². The maximum absolute atomic E-state index is 13.9. The highest BCUT2D eigenvalue weighted by atomic mass is 19.1. The molecule has 156 valence electrons. The highest BCUT2D eigenvalue weighted by Gasteiger charge is 2.57. The molecule has 4 aliphatic rings. The van der Waals surface area contributed by atoms with E-state index in [9.17, 15) is 9.18 Å². The molecular weight excluding hydrogens is 355 g/mol. The molecule has 3 nitrogen and oxygen atoms in total. The van der Waals surface area contributed by atoms with Crippen LogP contribution in [0.5, 0.6) is 0 Å². The monoisotopic (exact) mass is 390 g/mol. The molecule has 0 N–H and O–H groups in total. The van der Waals surface area contributed by atoms with Gasteiger partial charge in [-0.05, 0) is 81.6 Å². The molecule has 6 atom stereocenters. The number of ether oxygens (including phenoxy) is 2. The van der Waals surface area contributed by atoms with E-state index in [1.165, 1.54) is 38.0 Å². The van der Waals surface area contributed by atoms with Gasteiger partial charge in [-0.1, -0.05) is 25.5 Å². The SMILES string of the molecule is COC1=CCC2C3CC=C4CC(OC(=O)C(C)(C)F)CCC4(C)C3CCC12C. The van der Waals surface area contributed by atoms with Gasteiger partial charge >= 0.3 is 5.97 Å². The molecule has 4 aliphatic carbocycles. The lowest BCUT2D eigenvalue weighted by Gasteiger charge is -2.57. The van der Waals surface area contributed by atoms with E-state index in [2.05, 4.69) is 26.0 Å². The summed E-state index contributed by atoms with van der Waals surface area (Å²) in [5.74, 6) is 2.51. The fraction of sp³-hybridized carbons (Fsp3) is 0.792. The highest BCUT2D eigenvalue weighted by Crippen LogP contribution is 2.65. The number of esters is 1. The molecule has 0 aromatic rings. The maximum atomic E-state index is 13.9. The molecule has 4 rings (SSSR count). The van der Waals surface area contributed by atoms with Crippen molar-refractivity contribution in [2.75, 3.05) is 7.11 Å². The largest absolute Gasteiger partial charge is 0.501 e. The quantitative estimate of drug-likeness (QED) is 0.455. The first-order chi connectivity index (χ1) is 13.1. The predicted molar refractivity (Wildman–Crippen MR) is 107 cm³/mol. The van der Waals surface area contributed by atoms with Crippen LogP contribution in [-0.4, -0.2) is 24.9 Å². The third kappa shape index (κ3) is 2.93. The first-order valence-corrected chi connectivity index (χ1v) is 10.9. The maximum Gasteiger partial charge on any atom is 0.343 e. The fourth-order valence-corrected chi connectivity index (χ4v) is 6.86. The third-order valence-corrected chi connectivity index (χ3v) is 8.55. The summed E-state index contributed by atoms with van der Waals surface area (Å²) in [7, 11) is 1.81. The first kappa shape index (κ1) is 20.0. The standard InChI is InChI=1S/C24H35FO3/c1-22(2,25)21(26)28-16-10-12-23(3)15(14-16)6-7-17-18-8-9-20(27-5)24(18,4)13-11-19(17)23/h6,9,16-19H,7-8,10-14H2,1-5H3. The fourth-order valence-electron chi connectivity index (χ4n) is 6.86. The van der Waals surface area contributed by atoms with Gasteiger partial charge in [0.2, 0.25) is 5.67 Å². The van der Waals surface area contributed by atoms with Crippen LogP contribution in [0.3, 0.4) is 0 Å². The van der Waals surface area contributed by atoms with Crippen LogP contribution < -0.4 is 0 Å². The molecule has 6 unspecified atom stereocenters. The number of hydrogen-bond donors (Lipinski definition) is 0. The smallest absolute Gasteiger partial charge is 0.343 e. The van der Waals surface area contributed by atoms with Crippen molar-refractivity contribution in [3.63, 3.8) is 0 Å². The molecule has 2 fully saturated rings. The molecule has 0 spiro atoms. The van der Waals surface area contributed by atoms with Gasteiger partial charge in [-0.2, -0.15) is 0 Å². The Labute approximate surface area is 168 Å². The van der Waals surface area contributed by atoms with Crippen molar-refractivity contribution in [3.05, 3.63) is 23.5 Å². The van der Waals surface area contributed by atoms with E-state index in [0.717, 1.165) is 32.1 Å². The Morgan fingerprint density at radius 1 is 1.11 bits per heavy atom. The van der Waals surface area contributed by atoms with Crippen molar-refractivity contribution in [2.24, 2.45) is 28.6 Å². The lowest BCUT2D eigenvalue weighted by Crippen LogP contribution is -2.50. The van der Waals surface area contributed by atoms with Gasteiger partial charge in [-0.15, -0.1) is 0 Å². The van der Waals surface area contributed by atoms with Gasteiger partial charge in [0.15, 0.2) is 0 Å². The number of methoxy groups -OCH3 is 1. The highest BCUT2D eigenvalue weighted by molar-refractivity contribution is 5.78. The van der Waals surface area contributed by atoms with E-state index >= 15 is 0 Å². The van der Waals surface area contributed by atoms with Gasteiger partial charge in [-0.3, -0.25) is 0 Å². The number of carbonyl (C=O) groups excluding carboxylic acids is 1. The Kier molecular flexibility index (Phi) is 4.71. The minimum Gasteiger partial charge on any atom is -0.501 e. The van der Waals surface area contributed by atoms with Crippen molar-refractivity contribution in [2.45, 2.75) is 84.4 Å². The Hall–Kier alpha value is -1.32. The van der Waals surface area contributed by atoms with Crippen molar-refractivity contribution in [1.29, 1.82) is 0 Å². The zero-order valence-corrected chi connectivity index (χ0v) is 18.0. The molecule has 4 heteroatoms. The zero-order chi connectivity index (χ0) is 20.3. The number of alkyl halides is 1. The van der Waals surface area contributed by atoms with Gasteiger partial charge in [-0.25, -0.2) is 9.18 Å². The lowest BCUT2D eigenvalue weighted by atomic mass is 9.48. The van der Waals surface area contributed by atoms with Crippen LogP contribution in [0.15, 0.2) is 23.5 Å². The summed E-state index contributed by atoms with van der Waals surface area (Å²) in [5, 5.41) is 0. The van der Waals surface area contributed by atoms with Crippen LogP contribution >= 0.6 is 0 Å². The molecule has 0 radical (unpaired) electrons. The molecule has 0 aromatic carbocycles. The lowest BCUT2D eigenvalue weighted by molar-refractivity contribution is -0.163. The zero-order valence-electron chi connectivity index (χ0n) is 18.0. The number of fused-ring (bicyclic) bond motifs is 5. The van der Waals surface area contributed by atoms with Crippen molar-refractivity contribution in [1.82, 2.24) is 0 Å². The molecule has 0 heterocycles. The average molecular weight is 391 g/mol. The van der Waals surface area contributed by atoms with Crippen LogP contribution in [0.1, 0.15) is 72.6 Å². The molecule has 0 amide bonds. The molecule has 2 saturated carbocycles. The topological polar surface area (TPSA) is 35.5 Å². The van der Waals surface area contributed by atoms with Crippen LogP contribution in [0.25, 0.3) is 0 Å². The van der Waals surface area contributed by atoms with Crippen LogP contribution in [0.2, 0.25) is 0 Å². The predicted octanol–water partition coefficient (Wildman–Crippen LogP) is 5.75. The molecule has 0 bridgehead atoms. The first-order valence-electron chi connectivity index (χ1n) is 10.9. The van der Waals surface area contributed by atoms with Gasteiger partial charge in [0.05, 0.1) is 12.9 Å². The summed E-state index contributed by atoms with van der Waals surface area (Å²) in [6, 6.07) is 0. The van der Waals surface area contributed by atoms with E-state index in [4.69, 9.17) is 9.47 Å². The molecule has 0 saturated heterocycles. The van der Waals surface area contributed by atoms with E-state index in [1.54, 1.807) is 0 Å². The molecular formula is C24H35FO3. The van der Waals surface area contributed by atoms with Crippen molar-refractivity contribution < 1.29 is 18.7 Å². The second-order valence-electron chi connectivity index (χ2n) is 10.5. The summed E-state index contributed by atoms with van der Waals surface area (Å²) < 4.78 is 25.1. The Bertz CT molecular complexity index is 718. The van der Waals surface area contributed by atoms with E-state index in [1.807, 2.05) is 7.11 Å². The van der Waals surface area contributed by atoms with E-state index in [-0.39, 0.29) is 16.9 Å². The average Bonchev–Trinajstić information content (AvgIpc) is 2.97. The van der Waals surface area contributed by atoms with Gasteiger partial charge in [0.1, 0.15) is 6.10 Å². The van der Waals surface area contributed by atoms with Crippen LogP contribution in [0.4, 0.5) is 4.39 Å². The summed E-state index contributed by atoms with van der Waals surface area (Å²) >= 11 is 0. The number of halogens is 1. The second-order valence-corrected chi connectivity index (χ2v) is 10.5. The van der Waals surface area contributed by atoms with Crippen molar-refractivity contribution in [3.8, 4) is 0 Å². The summed E-state index contributed by atoms with van der Waals surface area (Å²) in [6.07, 6.45) is 11.9. The Morgan fingerprint density at radius 3 is 2.50 bits per heavy atom. The summed E-state index contributed by atoms with van der Waals surface area (Å²) in [5.41, 5.74) is -0.101. The Morgan fingerprint density at radius 2 is 1.82 bits per heavy atom. The summed E-state index contributed by atoms with van der Waals surface area (Å²) in [6.45, 7) is 7.37. The van der Waals surface area contributed by atoms with Gasteiger partial charge in [0.25, 0.3) is 0 Å². The number of carbonyl (C=O) groups is 1. The number of hydrogen-bond acceptors (Lipinski definition) is 3. The molecule has 28 heavy (non-hydrogen) atoms. The minimum atomic E-state index is -1.92. The number of rotatable bonds is 3. The van der Waals surface area contributed by atoms with Crippen LogP contribution in [-0.2, 0) is 14.3 Å². The minimum absolute atomic E-state index is 0.180. The van der Waals surface area contributed by atoms with Gasteiger partial charge < -0.3 is 9.47 Å².